The zero-order valence-electron chi connectivity index (χ0n) is 12.2. The van der Waals surface area contributed by atoms with Gasteiger partial charge in [0.25, 0.3) is 5.56 Å². The highest BCUT2D eigenvalue weighted by atomic mass is 32.1. The Kier molecular flexibility index (Phi) is 4.36. The summed E-state index contributed by atoms with van der Waals surface area (Å²) < 4.78 is 20.0. The second kappa shape index (κ2) is 6.44. The molecule has 116 valence electrons. The van der Waals surface area contributed by atoms with Crippen molar-refractivity contribution in [2.75, 3.05) is 7.11 Å². The third-order valence-electron chi connectivity index (χ3n) is 3.31. The van der Waals surface area contributed by atoms with Gasteiger partial charge in [0.2, 0.25) is 0 Å². The summed E-state index contributed by atoms with van der Waals surface area (Å²) in [7, 11) is 1.58. The number of ether oxygens (including phenoxy) is 1. The van der Waals surface area contributed by atoms with E-state index in [1.165, 1.54) is 34.1 Å². The zero-order chi connectivity index (χ0) is 16.4. The smallest absolute Gasteiger partial charge is 0.258 e. The van der Waals surface area contributed by atoms with Gasteiger partial charge in [-0.3, -0.25) is 9.36 Å². The second-order valence-electron chi connectivity index (χ2n) is 4.76. The lowest BCUT2D eigenvalue weighted by molar-refractivity contribution is 0.414. The molecule has 0 unspecified atom stereocenters. The van der Waals surface area contributed by atoms with E-state index < -0.39 is 0 Å². The predicted molar refractivity (Wildman–Crippen MR) is 92.7 cm³/mol. The van der Waals surface area contributed by atoms with Crippen LogP contribution >= 0.6 is 23.6 Å². The number of benzene rings is 2. The van der Waals surface area contributed by atoms with Gasteiger partial charge in [-0.05, 0) is 54.2 Å². The largest absolute Gasteiger partial charge is 0.497 e. The van der Waals surface area contributed by atoms with Crippen LogP contribution in [0.1, 0.15) is 0 Å². The zero-order valence-corrected chi connectivity index (χ0v) is 13.8. The van der Waals surface area contributed by atoms with Gasteiger partial charge in [-0.25, -0.2) is 4.39 Å². The molecule has 1 heterocycles. The van der Waals surface area contributed by atoms with Crippen molar-refractivity contribution in [1.29, 1.82) is 0 Å². The van der Waals surface area contributed by atoms with Crippen molar-refractivity contribution in [2.45, 2.75) is 0 Å². The molecule has 1 aromatic heterocycles. The van der Waals surface area contributed by atoms with Gasteiger partial charge in [-0.15, -0.1) is 11.3 Å². The molecule has 3 aromatic rings. The Balaban J connectivity index is 2.08. The lowest BCUT2D eigenvalue weighted by Gasteiger charge is -2.08. The summed E-state index contributed by atoms with van der Waals surface area (Å²) in [5.41, 5.74) is 1.22. The van der Waals surface area contributed by atoms with Crippen LogP contribution in [0.2, 0.25) is 0 Å². The van der Waals surface area contributed by atoms with Gasteiger partial charge < -0.3 is 4.74 Å². The molecule has 0 saturated heterocycles. The van der Waals surface area contributed by atoms with Crippen LogP contribution in [-0.2, 0) is 0 Å². The van der Waals surface area contributed by atoms with E-state index in [0.29, 0.717) is 20.3 Å². The minimum Gasteiger partial charge on any atom is -0.497 e. The number of hydrogen-bond acceptors (Lipinski definition) is 4. The lowest BCUT2D eigenvalue weighted by Crippen LogP contribution is -2.17. The monoisotopic (exact) mass is 345 g/mol. The third-order valence-corrected chi connectivity index (χ3v) is 4.68. The van der Waals surface area contributed by atoms with Gasteiger partial charge in [0, 0.05) is 10.9 Å². The first-order valence-electron chi connectivity index (χ1n) is 6.76. The molecule has 0 amide bonds. The molecule has 0 radical (unpaired) electrons. The van der Waals surface area contributed by atoms with Crippen LogP contribution in [-0.4, -0.2) is 11.7 Å². The molecule has 0 aliphatic carbocycles. The number of halogens is 1. The maximum atomic E-state index is 13.0. The van der Waals surface area contributed by atoms with Gasteiger partial charge in [-0.1, -0.05) is 12.1 Å². The first-order valence-corrected chi connectivity index (χ1v) is 7.98. The van der Waals surface area contributed by atoms with E-state index in [-0.39, 0.29) is 11.4 Å². The molecule has 0 saturated carbocycles. The molecule has 3 nitrogen and oxygen atoms in total. The van der Waals surface area contributed by atoms with Gasteiger partial charge in [0.05, 0.1) is 12.8 Å². The Morgan fingerprint density at radius 1 is 1.09 bits per heavy atom. The molecule has 3 rings (SSSR count). The third kappa shape index (κ3) is 3.23. The maximum absolute atomic E-state index is 13.0. The fourth-order valence-electron chi connectivity index (χ4n) is 2.16. The lowest BCUT2D eigenvalue weighted by atomic mass is 10.2. The normalized spacial score (nSPS) is 10.5. The molecule has 0 bridgehead atoms. The summed E-state index contributed by atoms with van der Waals surface area (Å²) >= 11 is 6.68. The van der Waals surface area contributed by atoms with Crippen molar-refractivity contribution >= 4 is 23.6 Å². The second-order valence-corrected chi connectivity index (χ2v) is 6.43. The summed E-state index contributed by atoms with van der Waals surface area (Å²) in [4.78, 5) is 13.2. The maximum Gasteiger partial charge on any atom is 0.258 e. The van der Waals surface area contributed by atoms with Gasteiger partial charge in [0.1, 0.15) is 11.6 Å². The Labute approximate surface area is 141 Å². The van der Waals surface area contributed by atoms with Crippen LogP contribution in [0.4, 0.5) is 4.39 Å². The van der Waals surface area contributed by atoms with Crippen LogP contribution in [0.25, 0.3) is 16.1 Å². The fraction of sp³-hybridized carbons (Fsp3) is 0.0588. The Morgan fingerprint density at radius 2 is 1.74 bits per heavy atom. The van der Waals surface area contributed by atoms with E-state index in [1.54, 1.807) is 43.5 Å². The Morgan fingerprint density at radius 3 is 2.30 bits per heavy atom. The number of methoxy groups -OCH3 is 1. The van der Waals surface area contributed by atoms with Crippen molar-refractivity contribution in [1.82, 2.24) is 4.57 Å². The average molecular weight is 345 g/mol. The Hall–Kier alpha value is -2.31. The highest BCUT2D eigenvalue weighted by Crippen LogP contribution is 2.24. The van der Waals surface area contributed by atoms with Gasteiger partial charge >= 0.3 is 0 Å². The van der Waals surface area contributed by atoms with Crippen LogP contribution < -0.4 is 10.3 Å². The molecule has 0 spiro atoms. The SMILES string of the molecule is COc1ccc(-n2c(=O)cc(-c3ccc(F)cc3)sc2=S)cc1. The minimum absolute atomic E-state index is 0.224. The van der Waals surface area contributed by atoms with E-state index in [2.05, 4.69) is 0 Å². The highest BCUT2D eigenvalue weighted by Gasteiger charge is 2.07. The predicted octanol–water partition coefficient (Wildman–Crippen LogP) is 4.44. The van der Waals surface area contributed by atoms with Crippen LogP contribution in [0.5, 0.6) is 5.75 Å². The first-order chi connectivity index (χ1) is 11.1. The van der Waals surface area contributed by atoms with E-state index in [4.69, 9.17) is 17.0 Å². The summed E-state index contributed by atoms with van der Waals surface area (Å²) in [6, 6.07) is 14.6. The molecule has 0 fully saturated rings. The number of rotatable bonds is 3. The van der Waals surface area contributed by atoms with Crippen molar-refractivity contribution in [3.63, 3.8) is 0 Å². The number of hydrogen-bond donors (Lipinski definition) is 0. The summed E-state index contributed by atoms with van der Waals surface area (Å²) in [6.45, 7) is 0. The molecule has 23 heavy (non-hydrogen) atoms. The van der Waals surface area contributed by atoms with Gasteiger partial charge in [0.15, 0.2) is 3.95 Å². The number of nitrogens with zero attached hydrogens (tertiary/aromatic N) is 1. The van der Waals surface area contributed by atoms with E-state index in [9.17, 15) is 9.18 Å². The summed E-state index contributed by atoms with van der Waals surface area (Å²) in [6.07, 6.45) is 0. The van der Waals surface area contributed by atoms with Crippen LogP contribution in [0.3, 0.4) is 0 Å². The Bertz CT molecular complexity index is 913. The topological polar surface area (TPSA) is 31.2 Å². The quantitative estimate of drug-likeness (QED) is 0.658. The van der Waals surface area contributed by atoms with Crippen LogP contribution in [0.15, 0.2) is 59.4 Å². The molecule has 0 aliphatic heterocycles. The molecule has 2 aromatic carbocycles. The number of aromatic nitrogens is 1. The van der Waals surface area contributed by atoms with Crippen molar-refractivity contribution in [2.24, 2.45) is 0 Å². The molecule has 0 atom stereocenters. The standard InChI is InChI=1S/C17H12FNO2S2/c1-21-14-8-6-13(7-9-14)19-16(20)10-15(23-17(19)22)11-2-4-12(18)5-3-11/h2-10H,1H3. The van der Waals surface area contributed by atoms with Crippen molar-refractivity contribution in [3.05, 3.63) is 74.7 Å². The van der Waals surface area contributed by atoms with Crippen molar-refractivity contribution in [3.8, 4) is 21.9 Å². The molecule has 0 N–H and O–H groups in total. The molecular formula is C17H12FNO2S2. The molecular weight excluding hydrogens is 333 g/mol. The molecule has 0 aliphatic rings. The minimum atomic E-state index is -0.316. The van der Waals surface area contributed by atoms with Gasteiger partial charge in [-0.2, -0.15) is 0 Å². The fourth-order valence-corrected chi connectivity index (χ4v) is 3.51. The van der Waals surface area contributed by atoms with E-state index in [1.807, 2.05) is 0 Å². The van der Waals surface area contributed by atoms with E-state index >= 15 is 0 Å². The summed E-state index contributed by atoms with van der Waals surface area (Å²) in [5.74, 6) is 0.392. The average Bonchev–Trinajstić information content (AvgIpc) is 2.55. The van der Waals surface area contributed by atoms with E-state index in [0.717, 1.165) is 5.56 Å². The van der Waals surface area contributed by atoms with Crippen LogP contribution in [0, 0.1) is 9.77 Å². The summed E-state index contributed by atoms with van der Waals surface area (Å²) in [5, 5.41) is 0. The highest BCUT2D eigenvalue weighted by molar-refractivity contribution is 7.73. The van der Waals surface area contributed by atoms with Crippen molar-refractivity contribution < 1.29 is 9.13 Å². The molecule has 6 heteroatoms. The first kappa shape index (κ1) is 15.6.